The van der Waals surface area contributed by atoms with E-state index in [-0.39, 0.29) is 5.91 Å². The number of carbonyl (C=O) groups is 1. The summed E-state index contributed by atoms with van der Waals surface area (Å²) in [6.45, 7) is 3.08. The van der Waals surface area contributed by atoms with Gasteiger partial charge in [0.1, 0.15) is 0 Å². The van der Waals surface area contributed by atoms with E-state index >= 15 is 0 Å². The van der Waals surface area contributed by atoms with Gasteiger partial charge in [0.2, 0.25) is 0 Å². The lowest BCUT2D eigenvalue weighted by Gasteiger charge is -2.17. The first-order chi connectivity index (χ1) is 7.56. The van der Waals surface area contributed by atoms with Crippen LogP contribution in [0.25, 0.3) is 0 Å². The highest BCUT2D eigenvalue weighted by Crippen LogP contribution is 2.17. The molecule has 0 atom stereocenters. The van der Waals surface area contributed by atoms with Crippen molar-refractivity contribution in [2.75, 3.05) is 27.3 Å². The second kappa shape index (κ2) is 6.01. The maximum absolute atomic E-state index is 12.1. The Balaban J connectivity index is 2.83. The predicted molar refractivity (Wildman–Crippen MR) is 67.7 cm³/mol. The number of halogens is 1. The van der Waals surface area contributed by atoms with Gasteiger partial charge < -0.3 is 9.64 Å². The van der Waals surface area contributed by atoms with Crippen molar-refractivity contribution in [1.82, 2.24) is 4.90 Å². The third-order valence-corrected chi connectivity index (χ3v) is 2.90. The van der Waals surface area contributed by atoms with Crippen LogP contribution in [0.1, 0.15) is 15.9 Å². The number of aryl methyl sites for hydroxylation is 1. The van der Waals surface area contributed by atoms with Crippen LogP contribution in [0.3, 0.4) is 0 Å². The normalized spacial score (nSPS) is 10.2. The molecule has 0 aliphatic heterocycles. The van der Waals surface area contributed by atoms with E-state index in [4.69, 9.17) is 4.74 Å². The first kappa shape index (κ1) is 13.2. The standard InChI is InChI=1S/C12H16BrNO2/c1-9-4-5-10(13)8-11(9)12(15)14(2)6-7-16-3/h4-5,8H,6-7H2,1-3H3. The Bertz CT molecular complexity index is 379. The van der Waals surface area contributed by atoms with Gasteiger partial charge in [0, 0.05) is 30.7 Å². The SMILES string of the molecule is COCCN(C)C(=O)c1cc(Br)ccc1C. The van der Waals surface area contributed by atoms with Crippen LogP contribution in [0.15, 0.2) is 22.7 Å². The Hall–Kier alpha value is -0.870. The Morgan fingerprint density at radius 1 is 1.50 bits per heavy atom. The molecule has 0 heterocycles. The third-order valence-electron chi connectivity index (χ3n) is 2.41. The highest BCUT2D eigenvalue weighted by molar-refractivity contribution is 9.10. The Morgan fingerprint density at radius 3 is 2.81 bits per heavy atom. The molecule has 0 aromatic heterocycles. The van der Waals surface area contributed by atoms with E-state index < -0.39 is 0 Å². The number of rotatable bonds is 4. The maximum Gasteiger partial charge on any atom is 0.253 e. The summed E-state index contributed by atoms with van der Waals surface area (Å²) < 4.78 is 5.87. The molecule has 4 heteroatoms. The fourth-order valence-electron chi connectivity index (χ4n) is 1.36. The van der Waals surface area contributed by atoms with Crippen molar-refractivity contribution in [2.45, 2.75) is 6.92 Å². The zero-order chi connectivity index (χ0) is 12.1. The molecule has 16 heavy (non-hydrogen) atoms. The minimum absolute atomic E-state index is 0.0239. The number of likely N-dealkylation sites (N-methyl/N-ethyl adjacent to an activating group) is 1. The molecule has 1 aromatic carbocycles. The van der Waals surface area contributed by atoms with Crippen molar-refractivity contribution in [1.29, 1.82) is 0 Å². The molecule has 0 saturated heterocycles. The van der Waals surface area contributed by atoms with Gasteiger partial charge in [-0.3, -0.25) is 4.79 Å². The lowest BCUT2D eigenvalue weighted by atomic mass is 10.1. The maximum atomic E-state index is 12.1. The Kier molecular flexibility index (Phi) is 4.96. The highest BCUT2D eigenvalue weighted by Gasteiger charge is 2.13. The number of amides is 1. The summed E-state index contributed by atoms with van der Waals surface area (Å²) >= 11 is 3.37. The summed E-state index contributed by atoms with van der Waals surface area (Å²) in [6, 6.07) is 5.71. The van der Waals surface area contributed by atoms with Crippen LogP contribution in [0, 0.1) is 6.92 Å². The van der Waals surface area contributed by atoms with Crippen LogP contribution in [-0.2, 0) is 4.74 Å². The molecule has 3 nitrogen and oxygen atoms in total. The molecule has 0 bridgehead atoms. The van der Waals surface area contributed by atoms with Crippen molar-refractivity contribution < 1.29 is 9.53 Å². The van der Waals surface area contributed by atoms with E-state index in [2.05, 4.69) is 15.9 Å². The second-order valence-corrected chi connectivity index (χ2v) is 4.59. The number of benzene rings is 1. The van der Waals surface area contributed by atoms with E-state index in [1.807, 2.05) is 25.1 Å². The molecular formula is C12H16BrNO2. The van der Waals surface area contributed by atoms with Crippen LogP contribution in [0.5, 0.6) is 0 Å². The summed E-state index contributed by atoms with van der Waals surface area (Å²) in [5, 5.41) is 0. The molecule has 0 unspecified atom stereocenters. The molecule has 0 N–H and O–H groups in total. The topological polar surface area (TPSA) is 29.5 Å². The van der Waals surface area contributed by atoms with Crippen LogP contribution in [-0.4, -0.2) is 38.1 Å². The van der Waals surface area contributed by atoms with Crippen LogP contribution in [0.2, 0.25) is 0 Å². The number of ether oxygens (including phenoxy) is 1. The van der Waals surface area contributed by atoms with Crippen LogP contribution < -0.4 is 0 Å². The minimum atomic E-state index is 0.0239. The van der Waals surface area contributed by atoms with E-state index in [9.17, 15) is 4.79 Å². The lowest BCUT2D eigenvalue weighted by molar-refractivity contribution is 0.0743. The molecule has 1 aromatic rings. The summed E-state index contributed by atoms with van der Waals surface area (Å²) in [5.74, 6) is 0.0239. The molecule has 88 valence electrons. The molecule has 0 aliphatic carbocycles. The summed E-state index contributed by atoms with van der Waals surface area (Å²) in [5.41, 5.74) is 1.71. The van der Waals surface area contributed by atoms with E-state index in [0.29, 0.717) is 13.2 Å². The predicted octanol–water partition coefficient (Wildman–Crippen LogP) is 2.48. The molecule has 0 aliphatic rings. The molecule has 0 radical (unpaired) electrons. The quantitative estimate of drug-likeness (QED) is 0.851. The Labute approximate surface area is 105 Å². The van der Waals surface area contributed by atoms with Crippen LogP contribution in [0.4, 0.5) is 0 Å². The number of hydrogen-bond acceptors (Lipinski definition) is 2. The zero-order valence-electron chi connectivity index (χ0n) is 9.79. The molecule has 0 fully saturated rings. The summed E-state index contributed by atoms with van der Waals surface area (Å²) in [4.78, 5) is 13.7. The van der Waals surface area contributed by atoms with Crippen molar-refractivity contribution in [3.8, 4) is 0 Å². The lowest BCUT2D eigenvalue weighted by Crippen LogP contribution is -2.30. The highest BCUT2D eigenvalue weighted by atomic mass is 79.9. The smallest absolute Gasteiger partial charge is 0.253 e. The number of hydrogen-bond donors (Lipinski definition) is 0. The number of nitrogens with zero attached hydrogens (tertiary/aromatic N) is 1. The van der Waals surface area contributed by atoms with E-state index in [1.165, 1.54) is 0 Å². The molecular weight excluding hydrogens is 270 g/mol. The van der Waals surface area contributed by atoms with Gasteiger partial charge in [0.25, 0.3) is 5.91 Å². The molecule has 1 amide bonds. The Morgan fingerprint density at radius 2 is 2.19 bits per heavy atom. The largest absolute Gasteiger partial charge is 0.383 e. The number of methoxy groups -OCH3 is 1. The monoisotopic (exact) mass is 285 g/mol. The van der Waals surface area contributed by atoms with Gasteiger partial charge in [-0.25, -0.2) is 0 Å². The van der Waals surface area contributed by atoms with Gasteiger partial charge in [-0.1, -0.05) is 22.0 Å². The summed E-state index contributed by atoms with van der Waals surface area (Å²) in [6.07, 6.45) is 0. The average Bonchev–Trinajstić information content (AvgIpc) is 2.28. The van der Waals surface area contributed by atoms with Gasteiger partial charge in [-0.2, -0.15) is 0 Å². The van der Waals surface area contributed by atoms with Crippen molar-refractivity contribution in [3.05, 3.63) is 33.8 Å². The van der Waals surface area contributed by atoms with Gasteiger partial charge >= 0.3 is 0 Å². The van der Waals surface area contributed by atoms with E-state index in [1.54, 1.807) is 19.1 Å². The number of carbonyl (C=O) groups excluding carboxylic acids is 1. The van der Waals surface area contributed by atoms with Crippen molar-refractivity contribution >= 4 is 21.8 Å². The second-order valence-electron chi connectivity index (χ2n) is 3.68. The average molecular weight is 286 g/mol. The first-order valence-corrected chi connectivity index (χ1v) is 5.86. The zero-order valence-corrected chi connectivity index (χ0v) is 11.4. The third kappa shape index (κ3) is 3.32. The van der Waals surface area contributed by atoms with Crippen LogP contribution >= 0.6 is 15.9 Å². The molecule has 1 rings (SSSR count). The molecule has 0 spiro atoms. The minimum Gasteiger partial charge on any atom is -0.383 e. The van der Waals surface area contributed by atoms with Gasteiger partial charge in [0.05, 0.1) is 6.61 Å². The van der Waals surface area contributed by atoms with Gasteiger partial charge in [-0.05, 0) is 24.6 Å². The fourth-order valence-corrected chi connectivity index (χ4v) is 1.72. The van der Waals surface area contributed by atoms with Gasteiger partial charge in [-0.15, -0.1) is 0 Å². The molecule has 0 saturated carbocycles. The van der Waals surface area contributed by atoms with Crippen molar-refractivity contribution in [3.63, 3.8) is 0 Å². The summed E-state index contributed by atoms with van der Waals surface area (Å²) in [7, 11) is 3.41. The van der Waals surface area contributed by atoms with E-state index in [0.717, 1.165) is 15.6 Å². The fraction of sp³-hybridized carbons (Fsp3) is 0.417. The van der Waals surface area contributed by atoms with Gasteiger partial charge in [0.15, 0.2) is 0 Å². The first-order valence-electron chi connectivity index (χ1n) is 5.07. The van der Waals surface area contributed by atoms with Crippen molar-refractivity contribution in [2.24, 2.45) is 0 Å².